The number of nitrogens with two attached hydrogens (primary N) is 1. The van der Waals surface area contributed by atoms with E-state index < -0.39 is 17.6 Å². The molecule has 11 heteroatoms. The van der Waals surface area contributed by atoms with Crippen LogP contribution in [-0.4, -0.2) is 47.9 Å². The summed E-state index contributed by atoms with van der Waals surface area (Å²) in [6.07, 6.45) is 2.90. The van der Waals surface area contributed by atoms with Crippen molar-refractivity contribution in [2.75, 3.05) is 31.1 Å². The van der Waals surface area contributed by atoms with E-state index in [2.05, 4.69) is 21.9 Å². The summed E-state index contributed by atoms with van der Waals surface area (Å²) >= 11 is 5.93. The monoisotopic (exact) mass is 536 g/mol. The van der Waals surface area contributed by atoms with Crippen LogP contribution in [0, 0.1) is 5.82 Å². The van der Waals surface area contributed by atoms with Gasteiger partial charge in [0.15, 0.2) is 0 Å². The molecule has 2 heterocycles. The largest absolute Gasteiger partial charge is 0.419 e. The standard InChI is InChI=1S/C26H29ClF4N6/c1-17(34-19-5-2-3-6-19)35-24(16-23(32)18-8-9-22(28)21(27)15-18)36-11-13-37(14-12-36)25-20(26(29,30)31)7-4-10-33-25/h4,7-10,15-16,19,34H,1-3,5-6,11-14,32H2/b23-16-,35-24?. The number of nitrogens with one attached hydrogen (secondary N) is 1. The third-order valence-electron chi connectivity index (χ3n) is 6.51. The summed E-state index contributed by atoms with van der Waals surface area (Å²) < 4.78 is 54.2. The minimum absolute atomic E-state index is 0.0518. The molecule has 6 nitrogen and oxygen atoms in total. The van der Waals surface area contributed by atoms with Crippen molar-refractivity contribution in [2.45, 2.75) is 37.9 Å². The van der Waals surface area contributed by atoms with Gasteiger partial charge in [-0.1, -0.05) is 31.0 Å². The predicted octanol–water partition coefficient (Wildman–Crippen LogP) is 5.42. The van der Waals surface area contributed by atoms with Crippen LogP contribution in [0.5, 0.6) is 0 Å². The van der Waals surface area contributed by atoms with Gasteiger partial charge < -0.3 is 20.9 Å². The summed E-state index contributed by atoms with van der Waals surface area (Å²) in [6, 6.07) is 6.82. The molecule has 1 aromatic heterocycles. The fourth-order valence-electron chi connectivity index (χ4n) is 4.59. The van der Waals surface area contributed by atoms with Crippen LogP contribution in [0.15, 0.2) is 60.0 Å². The van der Waals surface area contributed by atoms with Crippen molar-refractivity contribution in [1.29, 1.82) is 0 Å². The van der Waals surface area contributed by atoms with Gasteiger partial charge in [-0.25, -0.2) is 14.4 Å². The summed E-state index contributed by atoms with van der Waals surface area (Å²) in [4.78, 5) is 12.2. The number of anilines is 1. The maximum absolute atomic E-state index is 13.6. The normalized spacial score (nSPS) is 17.9. The molecule has 4 rings (SSSR count). The number of aromatic nitrogens is 1. The first-order valence-corrected chi connectivity index (χ1v) is 12.5. The van der Waals surface area contributed by atoms with Crippen LogP contribution in [0.3, 0.4) is 0 Å². The van der Waals surface area contributed by atoms with Crippen molar-refractivity contribution in [2.24, 2.45) is 10.7 Å². The smallest absolute Gasteiger partial charge is 0.398 e. The topological polar surface area (TPSA) is 69.8 Å². The Bertz CT molecular complexity index is 1180. The average molecular weight is 537 g/mol. The molecule has 0 radical (unpaired) electrons. The van der Waals surface area contributed by atoms with Crippen LogP contribution < -0.4 is 16.0 Å². The van der Waals surface area contributed by atoms with Crippen molar-refractivity contribution >= 4 is 29.0 Å². The molecule has 1 saturated heterocycles. The lowest BCUT2D eigenvalue weighted by Gasteiger charge is -2.37. The Morgan fingerprint density at radius 1 is 1.16 bits per heavy atom. The number of pyridine rings is 1. The van der Waals surface area contributed by atoms with Gasteiger partial charge in [0.1, 0.15) is 23.3 Å². The highest BCUT2D eigenvalue weighted by molar-refractivity contribution is 6.30. The van der Waals surface area contributed by atoms with E-state index in [0.29, 0.717) is 55.1 Å². The number of aliphatic imine (C=N–C) groups is 1. The van der Waals surface area contributed by atoms with E-state index in [1.807, 2.05) is 4.90 Å². The molecule has 2 aliphatic rings. The van der Waals surface area contributed by atoms with E-state index in [1.54, 1.807) is 11.0 Å². The van der Waals surface area contributed by atoms with E-state index >= 15 is 0 Å². The number of rotatable bonds is 6. The first kappa shape index (κ1) is 26.8. The van der Waals surface area contributed by atoms with Crippen molar-refractivity contribution in [3.63, 3.8) is 0 Å². The van der Waals surface area contributed by atoms with Gasteiger partial charge in [0, 0.05) is 50.2 Å². The second-order valence-electron chi connectivity index (χ2n) is 9.12. The van der Waals surface area contributed by atoms with Crippen LogP contribution in [0.2, 0.25) is 5.02 Å². The maximum atomic E-state index is 13.6. The van der Waals surface area contributed by atoms with Gasteiger partial charge >= 0.3 is 6.18 Å². The Morgan fingerprint density at radius 2 is 1.86 bits per heavy atom. The minimum atomic E-state index is -4.50. The van der Waals surface area contributed by atoms with Gasteiger partial charge in [-0.15, -0.1) is 0 Å². The molecular weight excluding hydrogens is 508 g/mol. The molecule has 0 spiro atoms. The zero-order valence-corrected chi connectivity index (χ0v) is 21.0. The molecule has 2 fully saturated rings. The Morgan fingerprint density at radius 3 is 2.51 bits per heavy atom. The van der Waals surface area contributed by atoms with E-state index in [9.17, 15) is 17.6 Å². The molecule has 0 amide bonds. The third kappa shape index (κ3) is 6.74. The maximum Gasteiger partial charge on any atom is 0.419 e. The van der Waals surface area contributed by atoms with Gasteiger partial charge in [-0.05, 0) is 48.7 Å². The quantitative estimate of drug-likeness (QED) is 0.293. The van der Waals surface area contributed by atoms with Crippen LogP contribution >= 0.6 is 11.6 Å². The molecule has 1 saturated carbocycles. The Hall–Kier alpha value is -3.27. The van der Waals surface area contributed by atoms with Crippen molar-refractivity contribution in [1.82, 2.24) is 15.2 Å². The molecule has 37 heavy (non-hydrogen) atoms. The third-order valence-corrected chi connectivity index (χ3v) is 6.80. The fraction of sp³-hybridized carbons (Fsp3) is 0.385. The summed E-state index contributed by atoms with van der Waals surface area (Å²) in [5.74, 6) is 0.348. The van der Waals surface area contributed by atoms with E-state index in [1.165, 1.54) is 30.5 Å². The molecule has 2 aromatic rings. The molecule has 1 aromatic carbocycles. The van der Waals surface area contributed by atoms with Crippen molar-refractivity contribution in [3.05, 3.63) is 77.0 Å². The first-order chi connectivity index (χ1) is 17.6. The highest BCUT2D eigenvalue weighted by Crippen LogP contribution is 2.35. The fourth-order valence-corrected chi connectivity index (χ4v) is 4.77. The summed E-state index contributed by atoms with van der Waals surface area (Å²) in [5, 5.41) is 3.29. The number of amidine groups is 1. The summed E-state index contributed by atoms with van der Waals surface area (Å²) in [7, 11) is 0. The van der Waals surface area contributed by atoms with E-state index in [0.717, 1.165) is 31.7 Å². The van der Waals surface area contributed by atoms with E-state index in [4.69, 9.17) is 17.3 Å². The van der Waals surface area contributed by atoms with Crippen LogP contribution in [0.1, 0.15) is 36.8 Å². The number of benzene rings is 1. The van der Waals surface area contributed by atoms with Gasteiger partial charge in [-0.2, -0.15) is 13.2 Å². The van der Waals surface area contributed by atoms with Crippen LogP contribution in [-0.2, 0) is 6.18 Å². The molecule has 198 valence electrons. The van der Waals surface area contributed by atoms with Crippen LogP contribution in [0.25, 0.3) is 5.70 Å². The summed E-state index contributed by atoms with van der Waals surface area (Å²) in [6.45, 7) is 5.43. The molecule has 0 bridgehead atoms. The van der Waals surface area contributed by atoms with Crippen LogP contribution in [0.4, 0.5) is 23.4 Å². The molecule has 0 unspecified atom stereocenters. The lowest BCUT2D eigenvalue weighted by atomic mass is 10.1. The highest BCUT2D eigenvalue weighted by atomic mass is 35.5. The number of piperazine rings is 1. The number of hydrogen-bond donors (Lipinski definition) is 2. The zero-order valence-electron chi connectivity index (χ0n) is 20.2. The second-order valence-corrected chi connectivity index (χ2v) is 9.52. The zero-order chi connectivity index (χ0) is 26.6. The average Bonchev–Trinajstić information content (AvgIpc) is 3.37. The molecule has 3 N–H and O–H groups in total. The SMILES string of the molecule is C=C(N=C(/C=C(\N)c1ccc(F)c(Cl)c1)N1CCN(c2ncccc2C(F)(F)F)CC1)NC1CCCC1. The van der Waals surface area contributed by atoms with Gasteiger partial charge in [0.05, 0.1) is 10.6 Å². The molecule has 1 aliphatic heterocycles. The summed E-state index contributed by atoms with van der Waals surface area (Å²) in [5.41, 5.74) is 6.41. The van der Waals surface area contributed by atoms with Gasteiger partial charge in [-0.3, -0.25) is 0 Å². The van der Waals surface area contributed by atoms with Crippen molar-refractivity contribution < 1.29 is 17.6 Å². The lowest BCUT2D eigenvalue weighted by Crippen LogP contribution is -2.49. The van der Waals surface area contributed by atoms with Gasteiger partial charge in [0.2, 0.25) is 0 Å². The van der Waals surface area contributed by atoms with E-state index in [-0.39, 0.29) is 10.8 Å². The predicted molar refractivity (Wildman–Crippen MR) is 139 cm³/mol. The lowest BCUT2D eigenvalue weighted by molar-refractivity contribution is -0.137. The number of nitrogens with zero attached hydrogens (tertiary/aromatic N) is 4. The van der Waals surface area contributed by atoms with Crippen molar-refractivity contribution in [3.8, 4) is 0 Å². The second kappa shape index (κ2) is 11.4. The number of alkyl halides is 3. The Balaban J connectivity index is 1.56. The molecule has 0 atom stereocenters. The number of halogens is 5. The first-order valence-electron chi connectivity index (χ1n) is 12.1. The Labute approximate surface area is 218 Å². The Kier molecular flexibility index (Phi) is 8.26. The van der Waals surface area contributed by atoms with Gasteiger partial charge in [0.25, 0.3) is 0 Å². The molecule has 1 aliphatic carbocycles. The minimum Gasteiger partial charge on any atom is -0.398 e. The number of hydrogen-bond acceptors (Lipinski definition) is 5. The molecular formula is C26H29ClF4N6. The highest BCUT2D eigenvalue weighted by Gasteiger charge is 2.36.